The first-order valence-corrected chi connectivity index (χ1v) is 8.15. The highest BCUT2D eigenvalue weighted by Gasteiger charge is 2.59. The molecule has 0 aromatic heterocycles. The molecule has 2 N–H and O–H groups in total. The van der Waals surface area contributed by atoms with Gasteiger partial charge in [0.1, 0.15) is 24.9 Å². The van der Waals surface area contributed by atoms with Crippen LogP contribution < -0.4 is 0 Å². The molecule has 0 radical (unpaired) electrons. The third-order valence-electron chi connectivity index (χ3n) is 4.35. The van der Waals surface area contributed by atoms with Crippen molar-refractivity contribution in [2.75, 3.05) is 13.7 Å². The molecule has 1 aromatic carbocycles. The van der Waals surface area contributed by atoms with E-state index in [1.807, 2.05) is 30.3 Å². The molecule has 2 fully saturated rings. The molecular formula is C18H20O8. The van der Waals surface area contributed by atoms with Crippen LogP contribution >= 0.6 is 0 Å². The van der Waals surface area contributed by atoms with Crippen molar-refractivity contribution in [3.05, 3.63) is 42.0 Å². The summed E-state index contributed by atoms with van der Waals surface area (Å²) in [6.07, 6.45) is -1.05. The van der Waals surface area contributed by atoms with Gasteiger partial charge < -0.3 is 29.2 Å². The molecule has 5 atom stereocenters. The van der Waals surface area contributed by atoms with E-state index < -0.39 is 42.1 Å². The van der Waals surface area contributed by atoms with Gasteiger partial charge in [-0.2, -0.15) is 0 Å². The molecule has 0 unspecified atom stereocenters. The summed E-state index contributed by atoms with van der Waals surface area (Å²) in [6, 6.07) is 9.24. The lowest BCUT2D eigenvalue weighted by molar-refractivity contribution is -0.271. The number of aliphatic hydroxyl groups excluding tert-OH is 1. The Morgan fingerprint density at radius 3 is 2.77 bits per heavy atom. The van der Waals surface area contributed by atoms with E-state index in [0.717, 1.165) is 12.7 Å². The number of rotatable bonds is 5. The van der Waals surface area contributed by atoms with E-state index in [-0.39, 0.29) is 13.0 Å². The molecular weight excluding hydrogens is 344 g/mol. The quantitative estimate of drug-likeness (QED) is 0.556. The van der Waals surface area contributed by atoms with Crippen molar-refractivity contribution in [2.24, 2.45) is 0 Å². The van der Waals surface area contributed by atoms with Gasteiger partial charge in [0.05, 0.1) is 13.2 Å². The van der Waals surface area contributed by atoms with Crippen molar-refractivity contribution in [1.29, 1.82) is 0 Å². The van der Waals surface area contributed by atoms with E-state index in [2.05, 4.69) is 4.74 Å². The average Bonchev–Trinajstić information content (AvgIpc) is 2.83. The lowest BCUT2D eigenvalue weighted by atomic mass is 9.96. The molecule has 2 heterocycles. The molecule has 2 aliphatic heterocycles. The van der Waals surface area contributed by atoms with Crippen LogP contribution in [-0.2, 0) is 28.5 Å². The Hall–Kier alpha value is -2.26. The van der Waals surface area contributed by atoms with Crippen LogP contribution in [0.5, 0.6) is 0 Å². The predicted octanol–water partition coefficient (Wildman–Crippen LogP) is 0.0218. The van der Waals surface area contributed by atoms with Gasteiger partial charge in [-0.15, -0.1) is 0 Å². The van der Waals surface area contributed by atoms with Crippen LogP contribution in [0.1, 0.15) is 12.0 Å². The highest BCUT2D eigenvalue weighted by atomic mass is 16.7. The molecule has 2 saturated heterocycles. The maximum atomic E-state index is 11.8. The molecule has 3 rings (SSSR count). The van der Waals surface area contributed by atoms with Crippen LogP contribution in [0.3, 0.4) is 0 Å². The first-order chi connectivity index (χ1) is 12.4. The summed E-state index contributed by atoms with van der Waals surface area (Å²) < 4.78 is 20.5. The first kappa shape index (κ1) is 18.5. The Labute approximate surface area is 149 Å². The number of carbonyl (C=O) groups is 2. The number of fused-ring (bicyclic) bond motifs is 2. The van der Waals surface area contributed by atoms with Crippen LogP contribution in [0.15, 0.2) is 36.4 Å². The minimum absolute atomic E-state index is 0.187. The number of aliphatic hydroxyl groups is 2. The maximum absolute atomic E-state index is 11.8. The second-order valence-corrected chi connectivity index (χ2v) is 6.14. The molecule has 140 valence electrons. The van der Waals surface area contributed by atoms with E-state index in [9.17, 15) is 19.8 Å². The molecule has 26 heavy (non-hydrogen) atoms. The van der Waals surface area contributed by atoms with Gasteiger partial charge in [-0.25, -0.2) is 9.59 Å². The number of ether oxygens (including phenoxy) is 4. The van der Waals surface area contributed by atoms with Crippen molar-refractivity contribution in [3.8, 4) is 0 Å². The molecule has 0 spiro atoms. The normalized spacial score (nSPS) is 33.2. The smallest absolute Gasteiger partial charge is 0.366 e. The number of methoxy groups -OCH3 is 1. The summed E-state index contributed by atoms with van der Waals surface area (Å²) in [7, 11) is 1.12. The highest BCUT2D eigenvalue weighted by Crippen LogP contribution is 2.38. The number of hydrogen-bond acceptors (Lipinski definition) is 8. The molecule has 2 aliphatic rings. The van der Waals surface area contributed by atoms with Crippen LogP contribution in [0, 0.1) is 0 Å². The summed E-state index contributed by atoms with van der Waals surface area (Å²) in [4.78, 5) is 23.5. The Morgan fingerprint density at radius 1 is 1.35 bits per heavy atom. The minimum Gasteiger partial charge on any atom is -0.465 e. The van der Waals surface area contributed by atoms with Gasteiger partial charge in [0, 0.05) is 12.5 Å². The number of benzene rings is 1. The fraction of sp³-hybridized carbons (Fsp3) is 0.444. The van der Waals surface area contributed by atoms with Crippen molar-refractivity contribution in [3.63, 3.8) is 0 Å². The molecule has 0 aliphatic carbocycles. The van der Waals surface area contributed by atoms with E-state index >= 15 is 0 Å². The zero-order valence-corrected chi connectivity index (χ0v) is 14.1. The van der Waals surface area contributed by atoms with E-state index in [1.165, 1.54) is 6.08 Å². The summed E-state index contributed by atoms with van der Waals surface area (Å²) >= 11 is 0. The minimum atomic E-state index is -2.19. The predicted molar refractivity (Wildman–Crippen MR) is 87.6 cm³/mol. The van der Waals surface area contributed by atoms with Gasteiger partial charge in [0.15, 0.2) is 0 Å². The van der Waals surface area contributed by atoms with Gasteiger partial charge in [-0.3, -0.25) is 0 Å². The molecule has 1 aromatic rings. The number of esters is 2. The Morgan fingerprint density at radius 2 is 2.08 bits per heavy atom. The standard InChI is InChI=1S/C18H20O8/c1-23-17(21)18(22)9-12-15(20)16(26-18)13(25-12)10-24-14(19)8-7-11-5-3-2-4-6-11/h2-8,12-13,15-16,20,22H,9-10H2,1H3/b8-7+/t12-,13+,15+,16-,18+/m0/s1. The van der Waals surface area contributed by atoms with Crippen molar-refractivity contribution in [1.82, 2.24) is 0 Å². The third kappa shape index (κ3) is 3.78. The summed E-state index contributed by atoms with van der Waals surface area (Å²) in [5.41, 5.74) is 0.847. The van der Waals surface area contributed by atoms with Crippen LogP contribution in [0.2, 0.25) is 0 Å². The Balaban J connectivity index is 1.57. The Bertz CT molecular complexity index is 688. The van der Waals surface area contributed by atoms with E-state index in [0.29, 0.717) is 0 Å². The zero-order valence-electron chi connectivity index (χ0n) is 14.1. The van der Waals surface area contributed by atoms with Gasteiger partial charge in [-0.1, -0.05) is 30.3 Å². The van der Waals surface area contributed by atoms with E-state index in [1.54, 1.807) is 6.08 Å². The third-order valence-corrected chi connectivity index (χ3v) is 4.35. The molecule has 0 saturated carbocycles. The Kier molecular flexibility index (Phi) is 5.38. The fourth-order valence-electron chi connectivity index (χ4n) is 3.04. The van der Waals surface area contributed by atoms with Crippen LogP contribution in [-0.4, -0.2) is 66.1 Å². The largest absolute Gasteiger partial charge is 0.465 e. The molecule has 2 bridgehead atoms. The van der Waals surface area contributed by atoms with Gasteiger partial charge in [0.2, 0.25) is 0 Å². The monoisotopic (exact) mass is 364 g/mol. The lowest BCUT2D eigenvalue weighted by Gasteiger charge is -2.35. The topological polar surface area (TPSA) is 112 Å². The summed E-state index contributed by atoms with van der Waals surface area (Å²) in [5.74, 6) is -3.74. The van der Waals surface area contributed by atoms with Gasteiger partial charge >= 0.3 is 11.9 Å². The number of carbonyl (C=O) groups excluding carboxylic acids is 2. The zero-order chi connectivity index (χ0) is 18.7. The lowest BCUT2D eigenvalue weighted by Crippen LogP contribution is -2.56. The second-order valence-electron chi connectivity index (χ2n) is 6.14. The van der Waals surface area contributed by atoms with Crippen molar-refractivity contribution >= 4 is 18.0 Å². The fourth-order valence-corrected chi connectivity index (χ4v) is 3.04. The highest BCUT2D eigenvalue weighted by molar-refractivity contribution is 5.87. The molecule has 8 heteroatoms. The second kappa shape index (κ2) is 7.55. The molecule has 8 nitrogen and oxygen atoms in total. The summed E-state index contributed by atoms with van der Waals surface area (Å²) in [6.45, 7) is -0.187. The van der Waals surface area contributed by atoms with Crippen LogP contribution in [0.4, 0.5) is 0 Å². The van der Waals surface area contributed by atoms with Crippen molar-refractivity contribution < 1.29 is 38.7 Å². The van der Waals surface area contributed by atoms with Gasteiger partial charge in [-0.05, 0) is 11.6 Å². The van der Waals surface area contributed by atoms with Crippen molar-refractivity contribution in [2.45, 2.75) is 36.6 Å². The van der Waals surface area contributed by atoms with Crippen LogP contribution in [0.25, 0.3) is 6.08 Å². The summed E-state index contributed by atoms with van der Waals surface area (Å²) in [5, 5.41) is 20.4. The average molecular weight is 364 g/mol. The number of hydrogen-bond donors (Lipinski definition) is 2. The maximum Gasteiger partial charge on any atom is 0.366 e. The van der Waals surface area contributed by atoms with Gasteiger partial charge in [0.25, 0.3) is 5.79 Å². The van der Waals surface area contributed by atoms with E-state index in [4.69, 9.17) is 14.2 Å². The SMILES string of the molecule is COC(=O)[C@@]1(O)C[C@@H]2O[C@H](COC(=O)/C=C/c3ccccc3)[C@H](O1)[C@@H]2O. The molecule has 0 amide bonds. The first-order valence-electron chi connectivity index (χ1n) is 8.15.